The van der Waals surface area contributed by atoms with Crippen LogP contribution in [-0.4, -0.2) is 62.2 Å². The zero-order chi connectivity index (χ0) is 30.2. The van der Waals surface area contributed by atoms with Gasteiger partial charge in [0.2, 0.25) is 17.9 Å². The maximum absolute atomic E-state index is 14.5. The van der Waals surface area contributed by atoms with Crippen LogP contribution in [0.5, 0.6) is 5.88 Å². The van der Waals surface area contributed by atoms with E-state index in [4.69, 9.17) is 22.1 Å². The maximum Gasteiger partial charge on any atom is 0.429 e. The standard InChI is InChI=1S/C28H33ClF3N7O3/c1-3-4-21-27(15-19(34-21)25(40)41)8-11-38(12-9-27)22-14-23(36-26(33)35-22)42-24(28(30,31)32)18-6-5-17(29)13-20(18)39-10-7-16(2)37-39/h5-7,10,13-14,19,21,24,34H,3-4,8-9,11-12,15H2,1-2H3,(H,40,41)(H2,33,35,36)/t19?,21?,24-/m1/s1. The number of halogens is 4. The van der Waals surface area contributed by atoms with Crippen molar-refractivity contribution in [2.45, 2.75) is 70.3 Å². The average Bonchev–Trinajstić information content (AvgIpc) is 3.51. The van der Waals surface area contributed by atoms with Gasteiger partial charge in [-0.1, -0.05) is 31.0 Å². The number of nitrogens with zero attached hydrogens (tertiary/aromatic N) is 5. The number of carbonyl (C=O) groups is 1. The SMILES string of the molecule is CCCC1NC(C(=O)O)CC12CCN(c1cc(O[C@H](c3ccc(Cl)cc3-n3ccc(C)n3)C(F)(F)F)nc(N)n1)CC2. The van der Waals surface area contributed by atoms with Gasteiger partial charge >= 0.3 is 12.1 Å². The van der Waals surface area contributed by atoms with Crippen molar-refractivity contribution in [3.63, 3.8) is 0 Å². The second-order valence-electron chi connectivity index (χ2n) is 11.0. The Kier molecular flexibility index (Phi) is 8.26. The molecule has 2 fully saturated rings. The first-order valence-corrected chi connectivity index (χ1v) is 14.2. The molecule has 3 aromatic rings. The lowest BCUT2D eigenvalue weighted by Crippen LogP contribution is -2.46. The minimum absolute atomic E-state index is 0.0832. The Labute approximate surface area is 246 Å². The number of rotatable bonds is 8. The number of nitrogens with one attached hydrogen (secondary N) is 1. The number of nitrogens with two attached hydrogens (primary N) is 1. The van der Waals surface area contributed by atoms with Crippen LogP contribution in [0.15, 0.2) is 36.5 Å². The van der Waals surface area contributed by atoms with Gasteiger partial charge in [0.15, 0.2) is 0 Å². The Morgan fingerprint density at radius 2 is 2.00 bits per heavy atom. The monoisotopic (exact) mass is 607 g/mol. The summed E-state index contributed by atoms with van der Waals surface area (Å²) in [5, 5.41) is 17.4. The molecule has 10 nitrogen and oxygen atoms in total. The summed E-state index contributed by atoms with van der Waals surface area (Å²) in [6.07, 6.45) is -1.92. The fourth-order valence-corrected chi connectivity index (χ4v) is 6.33. The molecule has 14 heteroatoms. The third-order valence-electron chi connectivity index (χ3n) is 8.20. The van der Waals surface area contributed by atoms with Crippen molar-refractivity contribution in [3.05, 3.63) is 52.8 Å². The van der Waals surface area contributed by atoms with Crippen LogP contribution in [0.2, 0.25) is 5.02 Å². The number of alkyl halides is 3. The smallest absolute Gasteiger partial charge is 0.429 e. The molecule has 0 amide bonds. The molecule has 0 radical (unpaired) electrons. The lowest BCUT2D eigenvalue weighted by molar-refractivity contribution is -0.198. The Bertz CT molecular complexity index is 1440. The molecule has 0 saturated carbocycles. The number of ether oxygens (including phenoxy) is 1. The molecular formula is C28H33ClF3N7O3. The van der Waals surface area contributed by atoms with E-state index in [-0.39, 0.29) is 39.6 Å². The van der Waals surface area contributed by atoms with Crippen LogP contribution in [0, 0.1) is 12.3 Å². The summed E-state index contributed by atoms with van der Waals surface area (Å²) < 4.78 is 50.3. The third-order valence-corrected chi connectivity index (χ3v) is 8.43. The quantitative estimate of drug-likeness (QED) is 0.320. The summed E-state index contributed by atoms with van der Waals surface area (Å²) in [5.41, 5.74) is 6.31. The number of hydrogen-bond acceptors (Lipinski definition) is 8. The van der Waals surface area contributed by atoms with Crippen LogP contribution in [0.3, 0.4) is 0 Å². The van der Waals surface area contributed by atoms with Crippen LogP contribution < -0.4 is 20.7 Å². The summed E-state index contributed by atoms with van der Waals surface area (Å²) in [6.45, 7) is 4.87. The van der Waals surface area contributed by atoms with Crippen LogP contribution in [0.4, 0.5) is 24.9 Å². The lowest BCUT2D eigenvalue weighted by atomic mass is 9.70. The minimum atomic E-state index is -4.81. The highest BCUT2D eigenvalue weighted by atomic mass is 35.5. The van der Waals surface area contributed by atoms with Gasteiger partial charge in [-0.25, -0.2) is 4.68 Å². The summed E-state index contributed by atoms with van der Waals surface area (Å²) >= 11 is 6.14. The number of aryl methyl sites for hydroxylation is 1. The predicted octanol–water partition coefficient (Wildman–Crippen LogP) is 5.09. The van der Waals surface area contributed by atoms with E-state index in [1.165, 1.54) is 28.9 Å². The normalized spacial score (nSPS) is 21.0. The molecule has 5 rings (SSSR count). The van der Waals surface area contributed by atoms with Crippen LogP contribution in [0.1, 0.15) is 56.4 Å². The summed E-state index contributed by atoms with van der Waals surface area (Å²) in [7, 11) is 0. The second-order valence-corrected chi connectivity index (χ2v) is 11.5. The fourth-order valence-electron chi connectivity index (χ4n) is 6.16. The Morgan fingerprint density at radius 1 is 1.26 bits per heavy atom. The van der Waals surface area contributed by atoms with E-state index in [9.17, 15) is 23.1 Å². The van der Waals surface area contributed by atoms with E-state index in [1.54, 1.807) is 19.2 Å². The van der Waals surface area contributed by atoms with Gasteiger partial charge in [0, 0.05) is 42.0 Å². The number of anilines is 2. The van der Waals surface area contributed by atoms with E-state index in [1.807, 2.05) is 4.90 Å². The Morgan fingerprint density at radius 3 is 2.62 bits per heavy atom. The maximum atomic E-state index is 14.5. The Balaban J connectivity index is 1.40. The number of carboxylic acid groups (broad SMARTS) is 1. The number of piperidine rings is 1. The van der Waals surface area contributed by atoms with E-state index in [2.05, 4.69) is 27.3 Å². The third kappa shape index (κ3) is 6.12. The highest BCUT2D eigenvalue weighted by Gasteiger charge is 2.50. The van der Waals surface area contributed by atoms with Gasteiger partial charge in [0.1, 0.15) is 11.9 Å². The molecule has 2 unspecified atom stereocenters. The molecular weight excluding hydrogens is 575 g/mol. The van der Waals surface area contributed by atoms with Gasteiger partial charge in [-0.2, -0.15) is 28.2 Å². The highest BCUT2D eigenvalue weighted by molar-refractivity contribution is 6.30. The molecule has 2 saturated heterocycles. The molecule has 4 heterocycles. The second kappa shape index (κ2) is 11.6. The molecule has 2 aliphatic heterocycles. The fraction of sp³-hybridized carbons (Fsp3) is 0.500. The number of carboxylic acids is 1. The van der Waals surface area contributed by atoms with Crippen molar-refractivity contribution < 1.29 is 27.8 Å². The molecule has 4 N–H and O–H groups in total. The number of aliphatic carboxylic acids is 1. The summed E-state index contributed by atoms with van der Waals surface area (Å²) in [6, 6.07) is 6.54. The molecule has 0 aliphatic carbocycles. The van der Waals surface area contributed by atoms with E-state index in [0.29, 0.717) is 43.9 Å². The van der Waals surface area contributed by atoms with Crippen molar-refractivity contribution in [3.8, 4) is 11.6 Å². The first kappa shape index (κ1) is 29.9. The zero-order valence-corrected chi connectivity index (χ0v) is 24.0. The molecule has 3 atom stereocenters. The number of aromatic nitrogens is 4. The summed E-state index contributed by atoms with van der Waals surface area (Å²) in [4.78, 5) is 21.9. The number of nitrogen functional groups attached to an aromatic ring is 1. The lowest BCUT2D eigenvalue weighted by Gasteiger charge is -2.43. The van der Waals surface area contributed by atoms with Crippen LogP contribution in [0.25, 0.3) is 5.69 Å². The van der Waals surface area contributed by atoms with Gasteiger partial charge in [0.05, 0.1) is 11.4 Å². The summed E-state index contributed by atoms with van der Waals surface area (Å²) in [5.74, 6) is -1.05. The van der Waals surface area contributed by atoms with Crippen LogP contribution >= 0.6 is 11.6 Å². The number of hydrogen-bond donors (Lipinski definition) is 3. The zero-order valence-electron chi connectivity index (χ0n) is 23.2. The predicted molar refractivity (Wildman–Crippen MR) is 151 cm³/mol. The van der Waals surface area contributed by atoms with E-state index >= 15 is 0 Å². The van der Waals surface area contributed by atoms with Crippen molar-refractivity contribution in [1.29, 1.82) is 0 Å². The Hall–Kier alpha value is -3.58. The molecule has 42 heavy (non-hydrogen) atoms. The molecule has 0 bridgehead atoms. The minimum Gasteiger partial charge on any atom is -0.480 e. The van der Waals surface area contributed by atoms with E-state index in [0.717, 1.165) is 12.8 Å². The molecule has 226 valence electrons. The topological polar surface area (TPSA) is 131 Å². The van der Waals surface area contributed by atoms with Gasteiger partial charge in [-0.3, -0.25) is 4.79 Å². The van der Waals surface area contributed by atoms with Gasteiger partial charge in [-0.05, 0) is 56.2 Å². The largest absolute Gasteiger partial charge is 0.480 e. The van der Waals surface area contributed by atoms with Gasteiger partial charge in [0.25, 0.3) is 0 Å². The molecule has 2 aliphatic rings. The van der Waals surface area contributed by atoms with Crippen LogP contribution in [-0.2, 0) is 4.79 Å². The van der Waals surface area contributed by atoms with Crippen molar-refractivity contribution in [2.24, 2.45) is 5.41 Å². The molecule has 2 aromatic heterocycles. The highest BCUT2D eigenvalue weighted by Crippen LogP contribution is 2.46. The van der Waals surface area contributed by atoms with Crippen molar-refractivity contribution >= 4 is 29.3 Å². The first-order valence-electron chi connectivity index (χ1n) is 13.8. The van der Waals surface area contributed by atoms with Gasteiger partial charge < -0.3 is 25.8 Å². The van der Waals surface area contributed by atoms with Crippen molar-refractivity contribution in [2.75, 3.05) is 23.7 Å². The first-order chi connectivity index (χ1) is 19.9. The van der Waals surface area contributed by atoms with Gasteiger partial charge in [-0.15, -0.1) is 0 Å². The number of benzene rings is 1. The molecule has 1 spiro atoms. The average molecular weight is 608 g/mol. The molecule has 1 aromatic carbocycles. The van der Waals surface area contributed by atoms with Crippen molar-refractivity contribution in [1.82, 2.24) is 25.1 Å². The van der Waals surface area contributed by atoms with E-state index < -0.39 is 24.3 Å².